The molecule has 2 fully saturated rings. The van der Waals surface area contributed by atoms with E-state index in [1.165, 1.54) is 9.13 Å². The number of benzene rings is 1. The fourth-order valence-electron chi connectivity index (χ4n) is 4.71. The van der Waals surface area contributed by atoms with Crippen LogP contribution in [0.4, 0.5) is 0 Å². The molecule has 0 radical (unpaired) electrons. The van der Waals surface area contributed by atoms with Crippen molar-refractivity contribution in [2.45, 2.75) is 70.6 Å². The summed E-state index contributed by atoms with van der Waals surface area (Å²) in [4.78, 5) is 38.9. The molecule has 4 rings (SSSR count). The molecule has 2 N–H and O–H groups in total. The molecular weight excluding hydrogens is 464 g/mol. The Morgan fingerprint density at radius 3 is 2.56 bits per heavy atom. The number of imidazole rings is 1. The van der Waals surface area contributed by atoms with Crippen LogP contribution in [0.5, 0.6) is 0 Å². The number of piperidine rings is 2. The molecule has 0 bridgehead atoms. The van der Waals surface area contributed by atoms with Crippen LogP contribution in [-0.2, 0) is 26.1 Å². The quantitative estimate of drug-likeness (QED) is 0.362. The van der Waals surface area contributed by atoms with Crippen LogP contribution in [-0.4, -0.2) is 68.8 Å². The first-order chi connectivity index (χ1) is 17.0. The Kier molecular flexibility index (Phi) is 7.66. The van der Waals surface area contributed by atoms with Gasteiger partial charge in [-0.3, -0.25) is 28.9 Å². The van der Waals surface area contributed by atoms with Crippen molar-refractivity contribution in [1.82, 2.24) is 19.4 Å². The van der Waals surface area contributed by atoms with Crippen molar-refractivity contribution in [3.05, 3.63) is 34.2 Å². The second kappa shape index (κ2) is 10.6. The lowest BCUT2D eigenvalue weighted by Crippen LogP contribution is -2.47. The summed E-state index contributed by atoms with van der Waals surface area (Å²) < 4.78 is 14.5. The molecule has 2 saturated heterocycles. The number of likely N-dealkylation sites (tertiary alicyclic amines) is 1. The molecule has 0 spiro atoms. The fraction of sp³-hybridized carbons (Fsp3) is 0.577. The smallest absolute Gasteiger partial charge is 0.329 e. The van der Waals surface area contributed by atoms with Crippen molar-refractivity contribution in [3.8, 4) is 11.8 Å². The lowest BCUT2D eigenvalue weighted by Gasteiger charge is -2.36. The number of aliphatic hydroxyl groups is 1. The molecule has 3 heterocycles. The second-order valence-corrected chi connectivity index (χ2v) is 10.3. The van der Waals surface area contributed by atoms with Crippen molar-refractivity contribution in [2.24, 2.45) is 7.05 Å². The van der Waals surface area contributed by atoms with E-state index in [2.05, 4.69) is 17.2 Å². The number of ether oxygens (including phenoxy) is 2. The lowest BCUT2D eigenvalue weighted by atomic mass is 10.1. The van der Waals surface area contributed by atoms with Crippen LogP contribution >= 0.6 is 0 Å². The number of aryl methyl sites for hydroxylation is 1. The number of fused-ring (bicyclic) bond motifs is 1. The maximum atomic E-state index is 13.0. The van der Waals surface area contributed by atoms with Gasteiger partial charge in [-0.2, -0.15) is 0 Å². The third kappa shape index (κ3) is 5.71. The minimum Gasteiger partial charge on any atom is -0.365 e. The highest BCUT2D eigenvalue weighted by atomic mass is 16.6. The van der Waals surface area contributed by atoms with E-state index in [0.717, 1.165) is 12.8 Å². The third-order valence-corrected chi connectivity index (χ3v) is 6.49. The van der Waals surface area contributed by atoms with Gasteiger partial charge >= 0.3 is 5.69 Å². The van der Waals surface area contributed by atoms with E-state index in [0.29, 0.717) is 29.7 Å². The number of rotatable bonds is 5. The molecule has 0 saturated carbocycles. The molecule has 2 aromatic rings. The van der Waals surface area contributed by atoms with Crippen molar-refractivity contribution in [3.63, 3.8) is 0 Å². The number of hydrogen-bond donors (Lipinski definition) is 2. The largest absolute Gasteiger partial charge is 0.365 e. The van der Waals surface area contributed by atoms with Crippen LogP contribution in [0.3, 0.4) is 0 Å². The van der Waals surface area contributed by atoms with Crippen LogP contribution in [0, 0.1) is 11.8 Å². The predicted octanol–water partition coefficient (Wildman–Crippen LogP) is 1.24. The Labute approximate surface area is 210 Å². The van der Waals surface area contributed by atoms with Crippen molar-refractivity contribution < 1.29 is 24.2 Å². The molecule has 2 unspecified atom stereocenters. The topological polar surface area (TPSA) is 115 Å². The van der Waals surface area contributed by atoms with Gasteiger partial charge in [-0.25, -0.2) is 4.79 Å². The summed E-state index contributed by atoms with van der Waals surface area (Å²) in [6, 6.07) is 4.69. The summed E-state index contributed by atoms with van der Waals surface area (Å²) in [5, 5.41) is 12.6. The van der Waals surface area contributed by atoms with Crippen molar-refractivity contribution >= 4 is 22.8 Å². The van der Waals surface area contributed by atoms with Crippen LogP contribution in [0.2, 0.25) is 0 Å². The number of hydrogen-bond acceptors (Lipinski definition) is 7. The lowest BCUT2D eigenvalue weighted by molar-refractivity contribution is -0.245. The Morgan fingerprint density at radius 2 is 1.89 bits per heavy atom. The molecule has 2 aliphatic rings. The number of nitrogens with one attached hydrogen (secondary N) is 1. The number of para-hydroxylation sites is 1. The second-order valence-electron chi connectivity index (χ2n) is 10.3. The van der Waals surface area contributed by atoms with Crippen LogP contribution in [0.15, 0.2) is 23.0 Å². The maximum Gasteiger partial charge on any atom is 0.329 e. The first kappa shape index (κ1) is 26.1. The van der Waals surface area contributed by atoms with Gasteiger partial charge in [-0.05, 0) is 52.2 Å². The average Bonchev–Trinajstić information content (AvgIpc) is 3.07. The number of amides is 2. The first-order valence-electron chi connectivity index (χ1n) is 12.3. The molecule has 1 aromatic heterocycles. The van der Waals surface area contributed by atoms with E-state index in [1.807, 2.05) is 31.7 Å². The zero-order valence-corrected chi connectivity index (χ0v) is 21.2. The van der Waals surface area contributed by atoms with Gasteiger partial charge in [0.05, 0.1) is 28.3 Å². The van der Waals surface area contributed by atoms with Gasteiger partial charge in [0.2, 0.25) is 18.2 Å². The molecule has 10 nitrogen and oxygen atoms in total. The Hall–Kier alpha value is -2.97. The zero-order valence-electron chi connectivity index (χ0n) is 21.2. The highest BCUT2D eigenvalue weighted by Gasteiger charge is 2.31. The number of carbonyl (C=O) groups excluding carboxylic acids is 2. The first-order valence-corrected chi connectivity index (χ1v) is 12.3. The minimum absolute atomic E-state index is 0.0474. The molecule has 10 heteroatoms. The summed E-state index contributed by atoms with van der Waals surface area (Å²) in [7, 11) is 1.65. The summed E-state index contributed by atoms with van der Waals surface area (Å²) in [5.74, 6) is 5.37. The highest BCUT2D eigenvalue weighted by molar-refractivity contribution is 6.00. The summed E-state index contributed by atoms with van der Waals surface area (Å²) in [6.07, 6.45) is 1.14. The Morgan fingerprint density at radius 1 is 1.17 bits per heavy atom. The monoisotopic (exact) mass is 498 g/mol. The van der Waals surface area contributed by atoms with E-state index in [1.54, 1.807) is 19.2 Å². The van der Waals surface area contributed by atoms with E-state index in [-0.39, 0.29) is 37.1 Å². The minimum atomic E-state index is -0.926. The van der Waals surface area contributed by atoms with Crippen LogP contribution in [0.25, 0.3) is 11.0 Å². The van der Waals surface area contributed by atoms with Crippen LogP contribution < -0.4 is 11.0 Å². The van der Waals surface area contributed by atoms with E-state index in [9.17, 15) is 19.5 Å². The molecule has 194 valence electrons. The predicted molar refractivity (Wildman–Crippen MR) is 133 cm³/mol. The van der Waals surface area contributed by atoms with E-state index < -0.39 is 24.0 Å². The number of nitrogens with zero attached hydrogens (tertiary/aromatic N) is 3. The molecule has 36 heavy (non-hydrogen) atoms. The maximum absolute atomic E-state index is 13.0. The SMILES string of the molecule is Cn1c(=O)n(C2CCC(=O)NC2=O)c2cccc(C#CCOC3CCN(C(O)OC(C)(C)C)CC3)c21. The average molecular weight is 499 g/mol. The molecule has 2 amide bonds. The van der Waals surface area contributed by atoms with Gasteiger partial charge in [-0.1, -0.05) is 17.9 Å². The van der Waals surface area contributed by atoms with Gasteiger partial charge in [0.25, 0.3) is 0 Å². The van der Waals surface area contributed by atoms with Gasteiger partial charge in [0.1, 0.15) is 12.6 Å². The van der Waals surface area contributed by atoms with E-state index in [4.69, 9.17) is 9.47 Å². The Balaban J connectivity index is 1.41. The zero-order chi connectivity index (χ0) is 26.0. The molecular formula is C26H34N4O6. The summed E-state index contributed by atoms with van der Waals surface area (Å²) in [5.41, 5.74) is 1.17. The standard InChI is InChI=1S/C26H34N4O6/c1-26(2,3)36-25(34)29-14-12-18(13-15-29)35-16-6-8-17-7-5-9-19-22(17)28(4)24(33)30(19)20-10-11-21(31)27-23(20)32/h5,7,9,18,20,25,34H,10-16H2,1-4H3,(H,27,31,32). The number of aliphatic hydroxyl groups excluding tert-OH is 1. The Bertz CT molecular complexity index is 1250. The van der Waals surface area contributed by atoms with Gasteiger partial charge in [-0.15, -0.1) is 0 Å². The van der Waals surface area contributed by atoms with Crippen molar-refractivity contribution in [2.75, 3.05) is 19.7 Å². The molecule has 2 atom stereocenters. The molecule has 1 aromatic carbocycles. The third-order valence-electron chi connectivity index (χ3n) is 6.49. The molecule has 2 aliphatic heterocycles. The van der Waals surface area contributed by atoms with Gasteiger partial charge in [0.15, 0.2) is 0 Å². The summed E-state index contributed by atoms with van der Waals surface area (Å²) in [6.45, 7) is 7.31. The highest BCUT2D eigenvalue weighted by Crippen LogP contribution is 2.25. The number of carbonyl (C=O) groups is 2. The van der Waals surface area contributed by atoms with Gasteiger partial charge in [0, 0.05) is 26.6 Å². The van der Waals surface area contributed by atoms with E-state index >= 15 is 0 Å². The summed E-state index contributed by atoms with van der Waals surface area (Å²) >= 11 is 0. The fourth-order valence-corrected chi connectivity index (χ4v) is 4.71. The number of aromatic nitrogens is 2. The van der Waals surface area contributed by atoms with Crippen molar-refractivity contribution in [1.29, 1.82) is 0 Å². The normalized spacial score (nSPS) is 20.8. The molecule has 0 aliphatic carbocycles. The van der Waals surface area contributed by atoms with Gasteiger partial charge < -0.3 is 14.6 Å². The number of imide groups is 1. The van der Waals surface area contributed by atoms with Crippen LogP contribution in [0.1, 0.15) is 58.1 Å².